The molecule has 0 aliphatic carbocycles. The maximum Gasteiger partial charge on any atom is 0.416 e. The van der Waals surface area contributed by atoms with Crippen molar-refractivity contribution in [3.63, 3.8) is 0 Å². The maximum atomic E-state index is 12.7. The molecule has 6 nitrogen and oxygen atoms in total. The molecule has 0 N–H and O–H groups in total. The van der Waals surface area contributed by atoms with E-state index in [9.17, 15) is 26.4 Å². The standard InChI is InChI=1S/C20H21F3N2O4S/c1-29-19(26)16-4-2-15(3-5-16)14-24-10-12-25(13-11-24)30(27,28)18-8-6-17(7-9-18)20(21,22)23/h2-9H,10-14H2,1H3. The summed E-state index contributed by atoms with van der Waals surface area (Å²) in [5.74, 6) is -0.413. The summed E-state index contributed by atoms with van der Waals surface area (Å²) in [5.41, 5.74) is 0.542. The van der Waals surface area contributed by atoms with E-state index in [0.717, 1.165) is 29.8 Å². The lowest BCUT2D eigenvalue weighted by Crippen LogP contribution is -2.48. The van der Waals surface area contributed by atoms with Gasteiger partial charge in [-0.2, -0.15) is 17.5 Å². The van der Waals surface area contributed by atoms with Crippen LogP contribution in [0.3, 0.4) is 0 Å². The summed E-state index contributed by atoms with van der Waals surface area (Å²) in [6.45, 7) is 2.04. The quantitative estimate of drug-likeness (QED) is 0.666. The highest BCUT2D eigenvalue weighted by atomic mass is 32.2. The van der Waals surface area contributed by atoms with Gasteiger partial charge in [0.2, 0.25) is 10.0 Å². The van der Waals surface area contributed by atoms with E-state index in [1.807, 2.05) is 12.1 Å². The van der Waals surface area contributed by atoms with E-state index in [-0.39, 0.29) is 18.0 Å². The van der Waals surface area contributed by atoms with Crippen molar-refractivity contribution in [3.8, 4) is 0 Å². The Morgan fingerprint density at radius 3 is 2.03 bits per heavy atom. The lowest BCUT2D eigenvalue weighted by atomic mass is 10.1. The highest BCUT2D eigenvalue weighted by Crippen LogP contribution is 2.30. The fourth-order valence-corrected chi connectivity index (χ4v) is 4.64. The van der Waals surface area contributed by atoms with Crippen molar-refractivity contribution in [2.45, 2.75) is 17.6 Å². The van der Waals surface area contributed by atoms with Crippen LogP contribution in [0.15, 0.2) is 53.4 Å². The zero-order valence-corrected chi connectivity index (χ0v) is 17.0. The van der Waals surface area contributed by atoms with Gasteiger partial charge < -0.3 is 4.74 Å². The minimum Gasteiger partial charge on any atom is -0.465 e. The van der Waals surface area contributed by atoms with Gasteiger partial charge in [-0.1, -0.05) is 12.1 Å². The SMILES string of the molecule is COC(=O)c1ccc(CN2CCN(S(=O)(=O)c3ccc(C(F)(F)F)cc3)CC2)cc1. The molecule has 0 amide bonds. The van der Waals surface area contributed by atoms with Crippen LogP contribution in [0.5, 0.6) is 0 Å². The fourth-order valence-electron chi connectivity index (χ4n) is 3.22. The fraction of sp³-hybridized carbons (Fsp3) is 0.350. The van der Waals surface area contributed by atoms with Gasteiger partial charge in [-0.25, -0.2) is 13.2 Å². The number of hydrogen-bond donors (Lipinski definition) is 0. The molecule has 1 saturated heterocycles. The molecule has 0 unspecified atom stereocenters. The Balaban J connectivity index is 1.60. The first-order valence-corrected chi connectivity index (χ1v) is 10.6. The van der Waals surface area contributed by atoms with Crippen molar-refractivity contribution < 1.29 is 31.1 Å². The van der Waals surface area contributed by atoms with Crippen LogP contribution in [0.25, 0.3) is 0 Å². The number of ether oxygens (including phenoxy) is 1. The molecule has 162 valence electrons. The van der Waals surface area contributed by atoms with Crippen LogP contribution in [0.4, 0.5) is 13.2 Å². The van der Waals surface area contributed by atoms with Crippen molar-refractivity contribution in [2.75, 3.05) is 33.3 Å². The van der Waals surface area contributed by atoms with Gasteiger partial charge in [0, 0.05) is 32.7 Å². The molecule has 30 heavy (non-hydrogen) atoms. The van der Waals surface area contributed by atoms with Gasteiger partial charge in [-0.3, -0.25) is 4.90 Å². The molecule has 3 rings (SSSR count). The molecule has 1 fully saturated rings. The van der Waals surface area contributed by atoms with Gasteiger partial charge in [0.05, 0.1) is 23.1 Å². The highest BCUT2D eigenvalue weighted by molar-refractivity contribution is 7.89. The molecule has 0 bridgehead atoms. The second kappa shape index (κ2) is 8.75. The molecule has 0 atom stereocenters. The van der Waals surface area contributed by atoms with Crippen molar-refractivity contribution in [1.82, 2.24) is 9.21 Å². The summed E-state index contributed by atoms with van der Waals surface area (Å²) in [6, 6.07) is 10.5. The molecule has 0 aromatic heterocycles. The molecular weight excluding hydrogens is 421 g/mol. The summed E-state index contributed by atoms with van der Waals surface area (Å²) in [4.78, 5) is 13.4. The Bertz CT molecular complexity index is 982. The van der Waals surface area contributed by atoms with E-state index in [2.05, 4.69) is 9.64 Å². The van der Waals surface area contributed by atoms with Crippen LogP contribution in [-0.4, -0.2) is 56.9 Å². The van der Waals surface area contributed by atoms with Crippen LogP contribution >= 0.6 is 0 Å². The molecule has 10 heteroatoms. The molecule has 0 spiro atoms. The number of rotatable bonds is 5. The Kier molecular flexibility index (Phi) is 6.49. The number of carbonyl (C=O) groups is 1. The van der Waals surface area contributed by atoms with Gasteiger partial charge in [-0.15, -0.1) is 0 Å². The molecule has 2 aromatic rings. The van der Waals surface area contributed by atoms with Crippen molar-refractivity contribution >= 4 is 16.0 Å². The van der Waals surface area contributed by atoms with Crippen LogP contribution in [0.1, 0.15) is 21.5 Å². The number of esters is 1. The Morgan fingerprint density at radius 1 is 0.967 bits per heavy atom. The second-order valence-corrected chi connectivity index (χ2v) is 8.83. The second-order valence-electron chi connectivity index (χ2n) is 6.89. The highest BCUT2D eigenvalue weighted by Gasteiger charge is 2.32. The smallest absolute Gasteiger partial charge is 0.416 e. The van der Waals surface area contributed by atoms with Crippen molar-refractivity contribution in [3.05, 3.63) is 65.2 Å². The number of hydrogen-bond acceptors (Lipinski definition) is 5. The van der Waals surface area contributed by atoms with Crippen LogP contribution < -0.4 is 0 Å². The van der Waals surface area contributed by atoms with Crippen LogP contribution in [0, 0.1) is 0 Å². The Morgan fingerprint density at radius 2 is 1.53 bits per heavy atom. The van der Waals surface area contributed by atoms with Gasteiger partial charge in [-0.05, 0) is 42.0 Å². The summed E-state index contributed by atoms with van der Waals surface area (Å²) in [6.07, 6.45) is -4.51. The molecule has 1 aliphatic rings. The number of piperazine rings is 1. The molecule has 1 aliphatic heterocycles. The van der Waals surface area contributed by atoms with Crippen LogP contribution in [-0.2, 0) is 27.5 Å². The van der Waals surface area contributed by atoms with Crippen LogP contribution in [0.2, 0.25) is 0 Å². The topological polar surface area (TPSA) is 66.9 Å². The zero-order chi connectivity index (χ0) is 21.9. The number of methoxy groups -OCH3 is 1. The van der Waals surface area contributed by atoms with Gasteiger partial charge >= 0.3 is 12.1 Å². The first kappa shape index (κ1) is 22.3. The molecule has 0 radical (unpaired) electrons. The predicted molar refractivity (Wildman–Crippen MR) is 103 cm³/mol. The monoisotopic (exact) mass is 442 g/mol. The first-order chi connectivity index (χ1) is 14.1. The van der Waals surface area contributed by atoms with E-state index >= 15 is 0 Å². The minimum atomic E-state index is -4.51. The van der Waals surface area contributed by atoms with Crippen molar-refractivity contribution in [1.29, 1.82) is 0 Å². The minimum absolute atomic E-state index is 0.151. The number of benzene rings is 2. The number of alkyl halides is 3. The lowest BCUT2D eigenvalue weighted by molar-refractivity contribution is -0.137. The average molecular weight is 442 g/mol. The van der Waals surface area contributed by atoms with E-state index < -0.39 is 27.7 Å². The van der Waals surface area contributed by atoms with E-state index in [1.54, 1.807) is 12.1 Å². The normalized spacial score (nSPS) is 16.4. The zero-order valence-electron chi connectivity index (χ0n) is 16.2. The summed E-state index contributed by atoms with van der Waals surface area (Å²) in [7, 11) is -2.54. The lowest BCUT2D eigenvalue weighted by Gasteiger charge is -2.34. The third-order valence-corrected chi connectivity index (χ3v) is 6.84. The summed E-state index contributed by atoms with van der Waals surface area (Å²) >= 11 is 0. The van der Waals surface area contributed by atoms with Gasteiger partial charge in [0.1, 0.15) is 0 Å². The first-order valence-electron chi connectivity index (χ1n) is 9.18. The Labute approximate surface area is 172 Å². The van der Waals surface area contributed by atoms with Gasteiger partial charge in [0.15, 0.2) is 0 Å². The number of carbonyl (C=O) groups excluding carboxylic acids is 1. The third kappa shape index (κ3) is 5.00. The molecule has 0 saturated carbocycles. The largest absolute Gasteiger partial charge is 0.465 e. The summed E-state index contributed by atoms with van der Waals surface area (Å²) in [5, 5.41) is 0. The molecule has 2 aromatic carbocycles. The predicted octanol–water partition coefficient (Wildman–Crippen LogP) is 3.00. The average Bonchev–Trinajstić information content (AvgIpc) is 2.73. The molecule has 1 heterocycles. The van der Waals surface area contributed by atoms with E-state index in [0.29, 0.717) is 25.2 Å². The van der Waals surface area contributed by atoms with Crippen molar-refractivity contribution in [2.24, 2.45) is 0 Å². The molecular formula is C20H21F3N2O4S. The third-order valence-electron chi connectivity index (χ3n) is 4.93. The Hall–Kier alpha value is -2.43. The number of nitrogens with zero attached hydrogens (tertiary/aromatic N) is 2. The summed E-state index contributed by atoms with van der Waals surface area (Å²) < 4.78 is 69.4. The van der Waals surface area contributed by atoms with Gasteiger partial charge in [0.25, 0.3) is 0 Å². The number of halogens is 3. The number of sulfonamides is 1. The maximum absolute atomic E-state index is 12.7. The van der Waals surface area contributed by atoms with E-state index in [4.69, 9.17) is 0 Å². The van der Waals surface area contributed by atoms with E-state index in [1.165, 1.54) is 11.4 Å².